The molecule has 1 aliphatic rings. The van der Waals surface area contributed by atoms with Gasteiger partial charge in [-0.15, -0.1) is 0 Å². The molecule has 0 bridgehead atoms. The van der Waals surface area contributed by atoms with Gasteiger partial charge in [-0.1, -0.05) is 6.92 Å². The fourth-order valence-corrected chi connectivity index (χ4v) is 2.53. The van der Waals surface area contributed by atoms with Crippen LogP contribution in [0.3, 0.4) is 0 Å². The van der Waals surface area contributed by atoms with E-state index in [0.29, 0.717) is 6.54 Å². The Bertz CT molecular complexity index is 608. The Morgan fingerprint density at radius 1 is 1.40 bits per heavy atom. The zero-order valence-corrected chi connectivity index (χ0v) is 12.0. The number of nitrogens with zero attached hydrogens (tertiary/aromatic N) is 2. The minimum absolute atomic E-state index is 0.0531. The quantitative estimate of drug-likeness (QED) is 0.698. The molecule has 7 nitrogen and oxygen atoms in total. The van der Waals surface area contributed by atoms with Gasteiger partial charge in [-0.2, -0.15) is 0 Å². The summed E-state index contributed by atoms with van der Waals surface area (Å²) in [5.41, 5.74) is 4.87. The van der Waals surface area contributed by atoms with Crippen molar-refractivity contribution in [2.75, 3.05) is 17.7 Å². The zero-order chi connectivity index (χ0) is 14.9. The number of hydrogen-bond acceptors (Lipinski definition) is 5. The van der Waals surface area contributed by atoms with Gasteiger partial charge in [0.25, 0.3) is 5.56 Å². The number of hydrogen-bond donors (Lipinski definition) is 3. The predicted molar refractivity (Wildman–Crippen MR) is 77.9 cm³/mol. The maximum Gasteiger partial charge on any atom is 0.332 e. The Labute approximate surface area is 117 Å². The third-order valence-corrected chi connectivity index (χ3v) is 4.03. The average molecular weight is 282 g/mol. The molecule has 20 heavy (non-hydrogen) atoms. The van der Waals surface area contributed by atoms with E-state index in [0.717, 1.165) is 30.3 Å². The van der Waals surface area contributed by atoms with E-state index in [-0.39, 0.29) is 18.1 Å². The Morgan fingerprint density at radius 3 is 2.50 bits per heavy atom. The second-order valence-electron chi connectivity index (χ2n) is 5.48. The van der Waals surface area contributed by atoms with Gasteiger partial charge in [-0.3, -0.25) is 13.9 Å². The maximum atomic E-state index is 12.2. The van der Waals surface area contributed by atoms with E-state index in [4.69, 9.17) is 5.73 Å². The number of rotatable bonds is 5. The molecule has 7 heteroatoms. The topological polar surface area (TPSA) is 102 Å². The maximum absolute atomic E-state index is 12.2. The first-order valence-electron chi connectivity index (χ1n) is 6.94. The first kappa shape index (κ1) is 14.6. The Hall–Kier alpha value is -1.76. The van der Waals surface area contributed by atoms with Gasteiger partial charge in [0.1, 0.15) is 11.5 Å². The van der Waals surface area contributed by atoms with Crippen LogP contribution in [0.25, 0.3) is 0 Å². The van der Waals surface area contributed by atoms with Crippen LogP contribution in [-0.4, -0.2) is 26.4 Å². The summed E-state index contributed by atoms with van der Waals surface area (Å²) < 4.78 is 2.45. The number of nitrogens with one attached hydrogen (secondary N) is 1. The van der Waals surface area contributed by atoms with Crippen molar-refractivity contribution in [1.82, 2.24) is 9.13 Å². The molecule has 0 aliphatic heterocycles. The summed E-state index contributed by atoms with van der Waals surface area (Å²) >= 11 is 0. The van der Waals surface area contributed by atoms with Crippen molar-refractivity contribution < 1.29 is 5.11 Å². The molecule has 0 amide bonds. The average Bonchev–Trinajstić information content (AvgIpc) is 2.40. The molecular weight excluding hydrogens is 260 g/mol. The Balaban J connectivity index is 2.52. The van der Waals surface area contributed by atoms with Crippen molar-refractivity contribution in [3.8, 4) is 0 Å². The lowest BCUT2D eigenvalue weighted by Gasteiger charge is -2.41. The normalized spacial score (nSPS) is 16.8. The van der Waals surface area contributed by atoms with Crippen LogP contribution in [0.4, 0.5) is 11.5 Å². The van der Waals surface area contributed by atoms with Crippen LogP contribution < -0.4 is 22.3 Å². The molecule has 0 atom stereocenters. The first-order valence-corrected chi connectivity index (χ1v) is 6.94. The SMILES string of the molecule is CCCn1c(N)c(NC2(CO)CCC2)c(=O)n(C)c1=O. The van der Waals surface area contributed by atoms with Crippen molar-refractivity contribution in [2.45, 2.75) is 44.7 Å². The second-order valence-corrected chi connectivity index (χ2v) is 5.48. The lowest BCUT2D eigenvalue weighted by molar-refractivity contribution is 0.144. The predicted octanol–water partition coefficient (Wildman–Crippen LogP) is -0.134. The molecule has 112 valence electrons. The molecule has 4 N–H and O–H groups in total. The highest BCUT2D eigenvalue weighted by atomic mass is 16.3. The van der Waals surface area contributed by atoms with Crippen molar-refractivity contribution in [1.29, 1.82) is 0 Å². The summed E-state index contributed by atoms with van der Waals surface area (Å²) in [6.07, 6.45) is 3.33. The Morgan fingerprint density at radius 2 is 2.05 bits per heavy atom. The number of nitrogen functional groups attached to an aromatic ring is 1. The third kappa shape index (κ3) is 2.22. The van der Waals surface area contributed by atoms with E-state index < -0.39 is 16.8 Å². The van der Waals surface area contributed by atoms with E-state index in [2.05, 4.69) is 5.32 Å². The van der Waals surface area contributed by atoms with Crippen LogP contribution in [0, 0.1) is 0 Å². The van der Waals surface area contributed by atoms with Crippen molar-refractivity contribution in [2.24, 2.45) is 7.05 Å². The van der Waals surface area contributed by atoms with Crippen LogP contribution in [0.5, 0.6) is 0 Å². The minimum Gasteiger partial charge on any atom is -0.394 e. The standard InChI is InChI=1S/C13H22N4O3/c1-3-7-17-10(14)9(11(19)16(2)12(17)20)15-13(8-18)5-4-6-13/h15,18H,3-8,14H2,1-2H3. The molecule has 0 spiro atoms. The van der Waals surface area contributed by atoms with Gasteiger partial charge in [0, 0.05) is 13.6 Å². The lowest BCUT2D eigenvalue weighted by Crippen LogP contribution is -2.51. The first-order chi connectivity index (χ1) is 9.45. The molecule has 1 aromatic heterocycles. The molecule has 1 aliphatic carbocycles. The molecule has 0 saturated heterocycles. The number of nitrogens with two attached hydrogens (primary N) is 1. The lowest BCUT2D eigenvalue weighted by atomic mass is 9.77. The molecule has 0 radical (unpaired) electrons. The van der Waals surface area contributed by atoms with Gasteiger partial charge in [-0.25, -0.2) is 4.79 Å². The van der Waals surface area contributed by atoms with Crippen LogP contribution >= 0.6 is 0 Å². The van der Waals surface area contributed by atoms with Crippen LogP contribution in [0.1, 0.15) is 32.6 Å². The molecule has 1 aromatic rings. The van der Waals surface area contributed by atoms with Crippen molar-refractivity contribution in [3.05, 3.63) is 20.8 Å². The van der Waals surface area contributed by atoms with Gasteiger partial charge in [-0.05, 0) is 25.7 Å². The molecule has 2 rings (SSSR count). The number of aliphatic hydroxyl groups excluding tert-OH is 1. The highest BCUT2D eigenvalue weighted by Gasteiger charge is 2.37. The summed E-state index contributed by atoms with van der Waals surface area (Å²) in [4.78, 5) is 24.3. The highest BCUT2D eigenvalue weighted by Crippen LogP contribution is 2.35. The smallest absolute Gasteiger partial charge is 0.332 e. The van der Waals surface area contributed by atoms with Crippen molar-refractivity contribution in [3.63, 3.8) is 0 Å². The largest absolute Gasteiger partial charge is 0.394 e. The summed E-state index contributed by atoms with van der Waals surface area (Å²) in [6.45, 7) is 2.34. The molecular formula is C13H22N4O3. The minimum atomic E-state index is -0.477. The van der Waals surface area contributed by atoms with Crippen LogP contribution in [-0.2, 0) is 13.6 Å². The number of anilines is 2. The fraction of sp³-hybridized carbons (Fsp3) is 0.692. The zero-order valence-electron chi connectivity index (χ0n) is 12.0. The van der Waals surface area contributed by atoms with Gasteiger partial charge in [0.15, 0.2) is 0 Å². The monoisotopic (exact) mass is 282 g/mol. The van der Waals surface area contributed by atoms with Crippen LogP contribution in [0.15, 0.2) is 9.59 Å². The van der Waals surface area contributed by atoms with Gasteiger partial charge in [0.05, 0.1) is 12.1 Å². The summed E-state index contributed by atoms with van der Waals surface area (Å²) in [5, 5.41) is 12.6. The summed E-state index contributed by atoms with van der Waals surface area (Å²) in [6, 6.07) is 0. The van der Waals surface area contributed by atoms with E-state index in [1.807, 2.05) is 6.92 Å². The van der Waals surface area contributed by atoms with E-state index in [9.17, 15) is 14.7 Å². The molecule has 1 heterocycles. The van der Waals surface area contributed by atoms with E-state index >= 15 is 0 Å². The second kappa shape index (κ2) is 5.32. The van der Waals surface area contributed by atoms with E-state index in [1.54, 1.807) is 0 Å². The van der Waals surface area contributed by atoms with Crippen LogP contribution in [0.2, 0.25) is 0 Å². The number of aromatic nitrogens is 2. The molecule has 1 saturated carbocycles. The van der Waals surface area contributed by atoms with Crippen molar-refractivity contribution >= 4 is 11.5 Å². The van der Waals surface area contributed by atoms with Gasteiger partial charge < -0.3 is 16.2 Å². The van der Waals surface area contributed by atoms with Gasteiger partial charge in [0.2, 0.25) is 0 Å². The van der Waals surface area contributed by atoms with Gasteiger partial charge >= 0.3 is 5.69 Å². The highest BCUT2D eigenvalue weighted by molar-refractivity contribution is 5.62. The Kier molecular flexibility index (Phi) is 3.89. The molecule has 1 fully saturated rings. The molecule has 0 unspecified atom stereocenters. The summed E-state index contributed by atoms with van der Waals surface area (Å²) in [7, 11) is 1.44. The number of aliphatic hydroxyl groups is 1. The third-order valence-electron chi connectivity index (χ3n) is 4.03. The fourth-order valence-electron chi connectivity index (χ4n) is 2.53. The summed E-state index contributed by atoms with van der Waals surface area (Å²) in [5.74, 6) is 0.152. The molecule has 0 aromatic carbocycles. The van der Waals surface area contributed by atoms with E-state index in [1.165, 1.54) is 11.6 Å².